The fourth-order valence-electron chi connectivity index (χ4n) is 16.4. The lowest BCUT2D eigenvalue weighted by molar-refractivity contribution is -0.396. The molecule has 4 saturated carbocycles. The summed E-state index contributed by atoms with van der Waals surface area (Å²) in [5, 5.41) is 130. The highest BCUT2D eigenvalue weighted by Crippen LogP contribution is 2.76. The molecule has 27 atom stereocenters. The van der Waals surface area contributed by atoms with Crippen molar-refractivity contribution in [3.8, 4) is 0 Å². The third kappa shape index (κ3) is 9.33. The van der Waals surface area contributed by atoms with E-state index in [1.165, 1.54) is 12.5 Å². The van der Waals surface area contributed by atoms with E-state index < -0.39 is 129 Å². The molecule has 0 aromatic rings. The van der Waals surface area contributed by atoms with Crippen molar-refractivity contribution in [1.29, 1.82) is 0 Å². The Hall–Kier alpha value is -2.13. The van der Waals surface area contributed by atoms with Crippen molar-refractivity contribution >= 4 is 5.97 Å². The van der Waals surface area contributed by atoms with Gasteiger partial charge in [0.25, 0.3) is 0 Å². The minimum atomic E-state index is -2.09. The standard InChI is InChI=1S/C54H86O21/c1-23-34(58)27(57)18-33(68-23)71-32-20-49(3,4)19-26-25-10-11-30-51(6)14-13-31(52(7,22-56)29(51)12-15-54(30,9)53(25,8)17-16-50(26,32)5)72-48-44(40(64)39(63)42(73-48)45(66)67)75-47-43(38(62)36(60)28(21-55)70-47)74-46-41(65)37(61)35(59)24(2)69-46/h10,24,26-33,35-44,46-48,55-65H,11-22H2,1-9H3,(H,66,67). The second-order valence-electron chi connectivity index (χ2n) is 26.0. The summed E-state index contributed by atoms with van der Waals surface area (Å²) in [7, 11) is 0. The van der Waals surface area contributed by atoms with Crippen LogP contribution in [0.1, 0.15) is 127 Å². The lowest BCUT2D eigenvalue weighted by Crippen LogP contribution is -2.68. The zero-order valence-electron chi connectivity index (χ0n) is 44.8. The van der Waals surface area contributed by atoms with Crippen LogP contribution in [-0.4, -0.2) is 197 Å². The number of aliphatic carboxylic acids is 1. The molecule has 27 unspecified atom stereocenters. The van der Waals surface area contributed by atoms with E-state index in [-0.39, 0.29) is 75.5 Å². The van der Waals surface area contributed by atoms with E-state index in [9.17, 15) is 66.1 Å². The second kappa shape index (κ2) is 20.4. The fraction of sp³-hybridized carbons (Fsp3) is 0.907. The second-order valence-corrected chi connectivity index (χ2v) is 26.0. The Labute approximate surface area is 438 Å². The van der Waals surface area contributed by atoms with E-state index in [1.54, 1.807) is 6.92 Å². The lowest BCUT2D eigenvalue weighted by Gasteiger charge is -2.72. The average Bonchev–Trinajstić information content (AvgIpc) is 3.35. The molecule has 7 fully saturated rings. The summed E-state index contributed by atoms with van der Waals surface area (Å²) in [6, 6.07) is 0. The largest absolute Gasteiger partial charge is 0.506 e. The third-order valence-corrected chi connectivity index (χ3v) is 21.2. The van der Waals surface area contributed by atoms with E-state index in [1.807, 2.05) is 6.92 Å². The number of allylic oxidation sites excluding steroid dienone is 3. The first-order valence-electron chi connectivity index (χ1n) is 27.2. The van der Waals surface area contributed by atoms with Crippen molar-refractivity contribution in [3.05, 3.63) is 23.2 Å². The Morgan fingerprint density at radius 3 is 1.97 bits per heavy atom. The summed E-state index contributed by atoms with van der Waals surface area (Å²) in [5.74, 6) is -1.22. The van der Waals surface area contributed by atoms with Gasteiger partial charge in [0, 0.05) is 17.3 Å². The van der Waals surface area contributed by atoms with E-state index in [2.05, 4.69) is 47.6 Å². The first-order valence-corrected chi connectivity index (χ1v) is 27.2. The summed E-state index contributed by atoms with van der Waals surface area (Å²) < 4.78 is 49.3. The van der Waals surface area contributed by atoms with E-state index in [4.69, 9.17) is 37.9 Å². The molecule has 0 amide bonds. The molecule has 9 rings (SSSR count). The number of fused-ring (bicyclic) bond motifs is 7. The van der Waals surface area contributed by atoms with Gasteiger partial charge in [-0.25, -0.2) is 4.79 Å². The lowest BCUT2D eigenvalue weighted by atomic mass is 9.33. The highest BCUT2D eigenvalue weighted by atomic mass is 16.8. The van der Waals surface area contributed by atoms with Gasteiger partial charge in [-0.3, -0.25) is 0 Å². The molecule has 428 valence electrons. The van der Waals surface area contributed by atoms with Crippen LogP contribution < -0.4 is 0 Å². The number of carboxylic acids is 1. The zero-order valence-corrected chi connectivity index (χ0v) is 44.8. The number of aliphatic hydroxyl groups excluding tert-OH is 11. The summed E-state index contributed by atoms with van der Waals surface area (Å²) >= 11 is 0. The molecule has 0 aromatic heterocycles. The van der Waals surface area contributed by atoms with Crippen LogP contribution in [-0.2, 0) is 42.7 Å². The predicted octanol–water partition coefficient (Wildman–Crippen LogP) is 1.63. The Kier molecular flexibility index (Phi) is 15.7. The minimum absolute atomic E-state index is 0.0613. The smallest absolute Gasteiger partial charge is 0.335 e. The van der Waals surface area contributed by atoms with Crippen molar-refractivity contribution in [1.82, 2.24) is 0 Å². The highest BCUT2D eigenvalue weighted by molar-refractivity contribution is 5.73. The molecule has 5 aliphatic carbocycles. The first kappa shape index (κ1) is 57.6. The summed E-state index contributed by atoms with van der Waals surface area (Å²) in [4.78, 5) is 12.6. The average molecular weight is 1070 g/mol. The van der Waals surface area contributed by atoms with Crippen LogP contribution in [0.2, 0.25) is 0 Å². The van der Waals surface area contributed by atoms with Crippen molar-refractivity contribution in [2.75, 3.05) is 13.2 Å². The SMILES string of the molecule is CC1=C(O)C(O)CC(OC2CC(C)(C)CC3C4=CCC5C6(C)CCC(OC7OC(C(=O)O)C(O)C(O)C7OC7OC(CO)C(O)C(O)C7OC7OC(C)C(O)C(O)C7O)C(C)(CO)C6CCC5(C)C4(C)CCC23C)O1. The normalized spacial score (nSPS) is 53.8. The van der Waals surface area contributed by atoms with Gasteiger partial charge in [0.2, 0.25) is 6.29 Å². The summed E-state index contributed by atoms with van der Waals surface area (Å²) in [5.41, 5.74) is -0.428. The molecule has 4 heterocycles. The molecule has 3 saturated heterocycles. The molecule has 21 heteroatoms. The number of hydrogen-bond donors (Lipinski definition) is 12. The molecule has 12 N–H and O–H groups in total. The molecule has 0 spiro atoms. The number of rotatable bonds is 11. The molecule has 0 radical (unpaired) electrons. The van der Waals surface area contributed by atoms with Crippen molar-refractivity contribution < 1.29 is 104 Å². The minimum Gasteiger partial charge on any atom is -0.506 e. The van der Waals surface area contributed by atoms with Gasteiger partial charge in [-0.1, -0.05) is 60.1 Å². The van der Waals surface area contributed by atoms with Gasteiger partial charge in [0.1, 0.15) is 72.9 Å². The van der Waals surface area contributed by atoms with E-state index >= 15 is 0 Å². The van der Waals surface area contributed by atoms with Gasteiger partial charge < -0.3 is 99.2 Å². The Morgan fingerprint density at radius 2 is 1.33 bits per heavy atom. The van der Waals surface area contributed by atoms with Crippen LogP contribution in [0.25, 0.3) is 0 Å². The Morgan fingerprint density at radius 1 is 0.680 bits per heavy atom. The Balaban J connectivity index is 0.979. The van der Waals surface area contributed by atoms with Gasteiger partial charge in [0.15, 0.2) is 30.7 Å². The maximum Gasteiger partial charge on any atom is 0.335 e. The van der Waals surface area contributed by atoms with Crippen LogP contribution in [0.5, 0.6) is 0 Å². The van der Waals surface area contributed by atoms with E-state index in [0.717, 1.165) is 44.9 Å². The molecule has 75 heavy (non-hydrogen) atoms. The molecular weight excluding hydrogens is 985 g/mol. The maximum absolute atomic E-state index is 12.6. The molecular formula is C54H86O21. The Bertz CT molecular complexity index is 2160. The van der Waals surface area contributed by atoms with E-state index in [0.29, 0.717) is 12.8 Å². The molecule has 21 nitrogen and oxygen atoms in total. The molecule has 9 aliphatic rings. The number of ether oxygens (including phenoxy) is 8. The predicted molar refractivity (Wildman–Crippen MR) is 260 cm³/mol. The number of carbonyl (C=O) groups is 1. The van der Waals surface area contributed by atoms with Crippen LogP contribution in [0.15, 0.2) is 23.2 Å². The summed E-state index contributed by atoms with van der Waals surface area (Å²) in [6.07, 6.45) is -19.5. The quantitative estimate of drug-likeness (QED) is 0.103. The fourth-order valence-corrected chi connectivity index (χ4v) is 16.4. The number of hydrogen-bond acceptors (Lipinski definition) is 20. The first-order chi connectivity index (χ1) is 35.0. The van der Waals surface area contributed by atoms with Gasteiger partial charge in [-0.15, -0.1) is 0 Å². The van der Waals surface area contributed by atoms with Crippen LogP contribution in [0.4, 0.5) is 0 Å². The van der Waals surface area contributed by atoms with Crippen molar-refractivity contribution in [2.45, 2.75) is 243 Å². The van der Waals surface area contributed by atoms with Crippen molar-refractivity contribution in [3.63, 3.8) is 0 Å². The van der Waals surface area contributed by atoms with Crippen LogP contribution in [0, 0.1) is 50.2 Å². The van der Waals surface area contributed by atoms with Gasteiger partial charge >= 0.3 is 5.97 Å². The van der Waals surface area contributed by atoms with Crippen LogP contribution >= 0.6 is 0 Å². The number of aliphatic hydroxyl groups is 11. The van der Waals surface area contributed by atoms with Crippen LogP contribution in [0.3, 0.4) is 0 Å². The molecule has 4 aliphatic heterocycles. The van der Waals surface area contributed by atoms with Gasteiger partial charge in [0.05, 0.1) is 31.5 Å². The topological polar surface area (TPSA) is 334 Å². The number of carboxylic acid groups (broad SMARTS) is 1. The molecule has 0 bridgehead atoms. The van der Waals surface area contributed by atoms with Gasteiger partial charge in [-0.05, 0) is 111 Å². The maximum atomic E-state index is 12.6. The van der Waals surface area contributed by atoms with Gasteiger partial charge in [-0.2, -0.15) is 0 Å². The highest BCUT2D eigenvalue weighted by Gasteiger charge is 2.70. The zero-order chi connectivity index (χ0) is 54.9. The summed E-state index contributed by atoms with van der Waals surface area (Å²) in [6.45, 7) is 18.0. The third-order valence-electron chi connectivity index (χ3n) is 21.2. The van der Waals surface area contributed by atoms with Crippen molar-refractivity contribution in [2.24, 2.45) is 50.2 Å². The molecule has 0 aromatic carbocycles. The monoisotopic (exact) mass is 1070 g/mol.